The second-order valence-corrected chi connectivity index (χ2v) is 9.16. The Morgan fingerprint density at radius 3 is 2.52 bits per heavy atom. The van der Waals surface area contributed by atoms with Gasteiger partial charge >= 0.3 is 0 Å². The van der Waals surface area contributed by atoms with Crippen LogP contribution in [0.1, 0.15) is 56.1 Å². The molecule has 1 amide bonds. The van der Waals surface area contributed by atoms with E-state index >= 15 is 0 Å². The number of carbonyl (C=O) groups excluding carboxylic acids is 1. The highest BCUT2D eigenvalue weighted by molar-refractivity contribution is 14.0. The molecule has 1 aromatic carbocycles. The topological polar surface area (TPSA) is 60.0 Å². The van der Waals surface area contributed by atoms with E-state index in [-0.39, 0.29) is 29.9 Å². The van der Waals surface area contributed by atoms with E-state index in [1.807, 2.05) is 24.1 Å². The van der Waals surface area contributed by atoms with Gasteiger partial charge < -0.3 is 20.4 Å². The van der Waals surface area contributed by atoms with E-state index in [2.05, 4.69) is 32.7 Å². The average Bonchev–Trinajstić information content (AvgIpc) is 3.51. The third kappa shape index (κ3) is 6.81. The third-order valence-corrected chi connectivity index (χ3v) is 6.88. The zero-order valence-corrected chi connectivity index (χ0v) is 21.1. The summed E-state index contributed by atoms with van der Waals surface area (Å²) >= 11 is 0. The summed E-state index contributed by atoms with van der Waals surface area (Å²) < 4.78 is 0. The van der Waals surface area contributed by atoms with Crippen LogP contribution < -0.4 is 10.6 Å². The second-order valence-electron chi connectivity index (χ2n) is 9.16. The number of rotatable bonds is 7. The Kier molecular flexibility index (Phi) is 9.44. The normalized spacial score (nSPS) is 21.8. The van der Waals surface area contributed by atoms with Crippen LogP contribution in [0, 0.1) is 5.92 Å². The van der Waals surface area contributed by atoms with Gasteiger partial charge in [0.05, 0.1) is 0 Å². The summed E-state index contributed by atoms with van der Waals surface area (Å²) in [6, 6.07) is 8.82. The summed E-state index contributed by atoms with van der Waals surface area (Å²) in [4.78, 5) is 21.5. The fourth-order valence-corrected chi connectivity index (χ4v) is 5.18. The van der Waals surface area contributed by atoms with Crippen LogP contribution in [0.2, 0.25) is 0 Å². The molecule has 2 heterocycles. The first-order valence-electron chi connectivity index (χ1n) is 11.8. The number of hydrogen-bond acceptors (Lipinski definition) is 3. The van der Waals surface area contributed by atoms with Crippen LogP contribution in [0.4, 0.5) is 0 Å². The number of amides is 1. The first-order valence-corrected chi connectivity index (χ1v) is 11.8. The second kappa shape index (κ2) is 12.0. The van der Waals surface area contributed by atoms with E-state index in [0.29, 0.717) is 12.5 Å². The minimum atomic E-state index is 0. The number of nitrogens with one attached hydrogen (secondary N) is 2. The number of benzene rings is 1. The molecule has 0 bridgehead atoms. The van der Waals surface area contributed by atoms with Gasteiger partial charge in [0.15, 0.2) is 5.96 Å². The Hall–Kier alpha value is -1.35. The molecule has 0 radical (unpaired) electrons. The van der Waals surface area contributed by atoms with Crippen molar-refractivity contribution in [2.45, 2.75) is 64.1 Å². The minimum absolute atomic E-state index is 0. The van der Waals surface area contributed by atoms with Crippen LogP contribution in [0.15, 0.2) is 29.3 Å². The fourth-order valence-electron chi connectivity index (χ4n) is 5.18. The van der Waals surface area contributed by atoms with Gasteiger partial charge in [-0.1, -0.05) is 37.1 Å². The van der Waals surface area contributed by atoms with Gasteiger partial charge in [0.2, 0.25) is 5.91 Å². The molecule has 2 N–H and O–H groups in total. The van der Waals surface area contributed by atoms with Gasteiger partial charge in [0.1, 0.15) is 0 Å². The molecule has 1 aromatic rings. The summed E-state index contributed by atoms with van der Waals surface area (Å²) in [5.74, 6) is 2.03. The van der Waals surface area contributed by atoms with Crippen molar-refractivity contribution in [3.05, 3.63) is 35.4 Å². The number of nitrogens with zero attached hydrogens (tertiary/aromatic N) is 3. The maximum absolute atomic E-state index is 12.5. The van der Waals surface area contributed by atoms with Crippen molar-refractivity contribution < 1.29 is 4.79 Å². The number of guanidine groups is 1. The zero-order valence-electron chi connectivity index (χ0n) is 18.8. The number of carbonyl (C=O) groups is 1. The molecule has 0 aromatic heterocycles. The van der Waals surface area contributed by atoms with E-state index in [9.17, 15) is 4.79 Å². The highest BCUT2D eigenvalue weighted by Crippen LogP contribution is 2.26. The lowest BCUT2D eigenvalue weighted by Crippen LogP contribution is -2.45. The van der Waals surface area contributed by atoms with Crippen molar-refractivity contribution >= 4 is 35.8 Å². The van der Waals surface area contributed by atoms with Crippen molar-refractivity contribution in [2.75, 3.05) is 33.2 Å². The number of fused-ring (bicyclic) bond motifs is 1. The molecule has 1 saturated heterocycles. The molecule has 1 aliphatic carbocycles. The molecule has 3 aliphatic rings. The molecule has 4 rings (SSSR count). The molecule has 7 heteroatoms. The van der Waals surface area contributed by atoms with Gasteiger partial charge in [0.25, 0.3) is 0 Å². The smallest absolute Gasteiger partial charge is 0.223 e. The fraction of sp³-hybridized carbons (Fsp3) is 0.667. The van der Waals surface area contributed by atoms with Crippen molar-refractivity contribution in [3.63, 3.8) is 0 Å². The van der Waals surface area contributed by atoms with E-state index in [1.165, 1.54) is 56.3 Å². The SMILES string of the molecule is CN=C(NCCCC(=O)N1Cc2ccccc2C1)NC1CCN(CC2CCCC2)C1.I. The van der Waals surface area contributed by atoms with Crippen molar-refractivity contribution in [1.29, 1.82) is 0 Å². The Morgan fingerprint density at radius 2 is 1.84 bits per heavy atom. The number of aliphatic imine (C=N–C) groups is 1. The third-order valence-electron chi connectivity index (χ3n) is 6.88. The maximum atomic E-state index is 12.5. The highest BCUT2D eigenvalue weighted by atomic mass is 127. The molecule has 0 spiro atoms. The van der Waals surface area contributed by atoms with Crippen LogP contribution in [0.5, 0.6) is 0 Å². The molecule has 2 aliphatic heterocycles. The van der Waals surface area contributed by atoms with Gasteiger partial charge in [0, 0.05) is 58.8 Å². The Labute approximate surface area is 204 Å². The summed E-state index contributed by atoms with van der Waals surface area (Å²) in [6.07, 6.45) is 8.26. The first-order chi connectivity index (χ1) is 14.7. The molecular formula is C24H38IN5O. The maximum Gasteiger partial charge on any atom is 0.223 e. The van der Waals surface area contributed by atoms with Gasteiger partial charge in [-0.25, -0.2) is 0 Å². The predicted molar refractivity (Wildman–Crippen MR) is 137 cm³/mol. The first kappa shape index (κ1) is 24.3. The van der Waals surface area contributed by atoms with Gasteiger partial charge in [-0.15, -0.1) is 24.0 Å². The Balaban J connectivity index is 0.00000272. The molecule has 2 fully saturated rings. The van der Waals surface area contributed by atoms with Crippen LogP contribution in [-0.2, 0) is 17.9 Å². The summed E-state index contributed by atoms with van der Waals surface area (Å²) in [5, 5.41) is 6.97. The lowest BCUT2D eigenvalue weighted by Gasteiger charge is -2.21. The Bertz CT molecular complexity index is 724. The molecular weight excluding hydrogens is 501 g/mol. The summed E-state index contributed by atoms with van der Waals surface area (Å²) in [7, 11) is 1.83. The van der Waals surface area contributed by atoms with Crippen LogP contribution in [0.25, 0.3) is 0 Å². The van der Waals surface area contributed by atoms with Gasteiger partial charge in [-0.2, -0.15) is 0 Å². The molecule has 1 atom stereocenters. The van der Waals surface area contributed by atoms with Gasteiger partial charge in [-0.3, -0.25) is 9.79 Å². The standard InChI is InChI=1S/C24H37N5O.HI/c1-25-24(27-22-12-14-28(18-22)15-19-7-2-3-8-19)26-13-6-11-23(30)29-16-20-9-4-5-10-21(20)17-29;/h4-5,9-10,19,22H,2-3,6-8,11-18H2,1H3,(H2,25,26,27);1H. The highest BCUT2D eigenvalue weighted by Gasteiger charge is 2.26. The lowest BCUT2D eigenvalue weighted by atomic mass is 10.1. The van der Waals surface area contributed by atoms with E-state index in [1.54, 1.807) is 0 Å². The molecule has 1 saturated carbocycles. The largest absolute Gasteiger partial charge is 0.356 e. The van der Waals surface area contributed by atoms with Crippen LogP contribution in [-0.4, -0.2) is 60.9 Å². The molecule has 172 valence electrons. The summed E-state index contributed by atoms with van der Waals surface area (Å²) in [6.45, 7) is 5.86. The zero-order chi connectivity index (χ0) is 20.8. The minimum Gasteiger partial charge on any atom is -0.356 e. The number of likely N-dealkylation sites (tertiary alicyclic amines) is 1. The van der Waals surface area contributed by atoms with Crippen LogP contribution >= 0.6 is 24.0 Å². The van der Waals surface area contributed by atoms with Crippen molar-refractivity contribution in [2.24, 2.45) is 10.9 Å². The summed E-state index contributed by atoms with van der Waals surface area (Å²) in [5.41, 5.74) is 2.57. The van der Waals surface area contributed by atoms with E-state index in [0.717, 1.165) is 44.5 Å². The van der Waals surface area contributed by atoms with Crippen molar-refractivity contribution in [3.8, 4) is 0 Å². The van der Waals surface area contributed by atoms with Crippen molar-refractivity contribution in [1.82, 2.24) is 20.4 Å². The van der Waals surface area contributed by atoms with Crippen LogP contribution in [0.3, 0.4) is 0 Å². The van der Waals surface area contributed by atoms with Gasteiger partial charge in [-0.05, 0) is 42.7 Å². The number of halogens is 1. The average molecular weight is 540 g/mol. The molecule has 1 unspecified atom stereocenters. The predicted octanol–water partition coefficient (Wildman–Crippen LogP) is 3.36. The monoisotopic (exact) mass is 539 g/mol. The lowest BCUT2D eigenvalue weighted by molar-refractivity contribution is -0.131. The quantitative estimate of drug-likeness (QED) is 0.242. The molecule has 6 nitrogen and oxygen atoms in total. The Morgan fingerprint density at radius 1 is 1.13 bits per heavy atom. The molecule has 31 heavy (non-hydrogen) atoms. The van der Waals surface area contributed by atoms with E-state index in [4.69, 9.17) is 0 Å². The van der Waals surface area contributed by atoms with E-state index < -0.39 is 0 Å². The number of hydrogen-bond donors (Lipinski definition) is 2.